The number of carbonyl (C=O) groups is 3. The molecule has 0 spiro atoms. The van der Waals surface area contributed by atoms with E-state index in [1.54, 1.807) is 37.4 Å². The molecule has 1 aliphatic heterocycles. The van der Waals surface area contributed by atoms with Crippen molar-refractivity contribution in [3.05, 3.63) is 71.8 Å². The molecule has 1 aliphatic rings. The van der Waals surface area contributed by atoms with Crippen molar-refractivity contribution in [1.82, 2.24) is 10.2 Å². The normalized spacial score (nSPS) is 21.4. The molecule has 1 heterocycles. The third kappa shape index (κ3) is 6.40. The largest absolute Gasteiger partial charge is 0.459 e. The van der Waals surface area contributed by atoms with Crippen molar-refractivity contribution >= 4 is 17.8 Å². The summed E-state index contributed by atoms with van der Waals surface area (Å²) in [7, 11) is 3.11. The van der Waals surface area contributed by atoms with Gasteiger partial charge in [-0.05, 0) is 17.7 Å². The lowest BCUT2D eigenvalue weighted by Crippen LogP contribution is -2.52. The molecule has 0 aliphatic carbocycles. The molecule has 0 aromatic heterocycles. The minimum absolute atomic E-state index is 0.0990. The number of methoxy groups -OCH3 is 1. The van der Waals surface area contributed by atoms with E-state index in [0.717, 1.165) is 5.56 Å². The monoisotopic (exact) mass is 470 g/mol. The summed E-state index contributed by atoms with van der Waals surface area (Å²) in [5, 5.41) is 3.15. The summed E-state index contributed by atoms with van der Waals surface area (Å²) in [4.78, 5) is 39.3. The average molecular weight is 471 g/mol. The van der Waals surface area contributed by atoms with Crippen LogP contribution in [0.1, 0.15) is 28.9 Å². The molecular weight excluding hydrogens is 440 g/mol. The van der Waals surface area contributed by atoms with E-state index in [2.05, 4.69) is 5.32 Å². The molecule has 9 heteroatoms. The minimum Gasteiger partial charge on any atom is -0.459 e. The van der Waals surface area contributed by atoms with Crippen LogP contribution in [0.25, 0.3) is 0 Å². The van der Waals surface area contributed by atoms with Crippen molar-refractivity contribution in [3.8, 4) is 0 Å². The van der Waals surface area contributed by atoms with Crippen LogP contribution in [0.3, 0.4) is 0 Å². The zero-order valence-corrected chi connectivity index (χ0v) is 19.5. The topological polar surface area (TPSA) is 103 Å². The molecule has 1 saturated heterocycles. The van der Waals surface area contributed by atoms with Gasteiger partial charge in [0.05, 0.1) is 11.6 Å². The van der Waals surface area contributed by atoms with Crippen LogP contribution < -0.4 is 5.32 Å². The molecule has 0 radical (unpaired) electrons. The Bertz CT molecular complexity index is 954. The van der Waals surface area contributed by atoms with Gasteiger partial charge in [0, 0.05) is 27.6 Å². The Kier molecular flexibility index (Phi) is 9.15. The van der Waals surface area contributed by atoms with Gasteiger partial charge in [0.1, 0.15) is 31.6 Å². The van der Waals surface area contributed by atoms with E-state index in [1.807, 2.05) is 30.3 Å². The Morgan fingerprint density at radius 2 is 1.74 bits per heavy atom. The molecule has 0 bridgehead atoms. The lowest BCUT2D eigenvalue weighted by atomic mass is 10.00. The summed E-state index contributed by atoms with van der Waals surface area (Å²) in [5.74, 6) is -1.27. The summed E-state index contributed by atoms with van der Waals surface area (Å²) in [6.45, 7) is 1.25. The Balaban J connectivity index is 1.82. The molecule has 0 saturated carbocycles. The second-order valence-corrected chi connectivity index (χ2v) is 7.91. The molecule has 2 aromatic carbocycles. The molecule has 1 fully saturated rings. The number of likely N-dealkylation sites (N-methyl/N-ethyl adjacent to an activating group) is 1. The number of hydrogen-bond donors (Lipinski definition) is 1. The molecule has 182 valence electrons. The maximum atomic E-state index is 13.5. The van der Waals surface area contributed by atoms with Gasteiger partial charge in [-0.3, -0.25) is 14.9 Å². The first-order valence-electron chi connectivity index (χ1n) is 11.0. The first-order chi connectivity index (χ1) is 16.4. The number of nitrogens with one attached hydrogen (secondary N) is 1. The number of hydrogen-bond acceptors (Lipinski definition) is 8. The fourth-order valence-electron chi connectivity index (χ4n) is 3.96. The van der Waals surface area contributed by atoms with Gasteiger partial charge in [-0.2, -0.15) is 0 Å². The highest BCUT2D eigenvalue weighted by Gasteiger charge is 2.42. The van der Waals surface area contributed by atoms with E-state index < -0.39 is 36.2 Å². The van der Waals surface area contributed by atoms with E-state index in [-0.39, 0.29) is 25.9 Å². The third-order valence-electron chi connectivity index (χ3n) is 5.54. The van der Waals surface area contributed by atoms with Gasteiger partial charge in [0.25, 0.3) is 0 Å². The fourth-order valence-corrected chi connectivity index (χ4v) is 3.96. The fraction of sp³-hybridized carbons (Fsp3) is 0.400. The van der Waals surface area contributed by atoms with E-state index in [0.29, 0.717) is 5.56 Å². The van der Waals surface area contributed by atoms with Crippen LogP contribution in [0, 0.1) is 0 Å². The van der Waals surface area contributed by atoms with Crippen molar-refractivity contribution in [3.63, 3.8) is 0 Å². The third-order valence-corrected chi connectivity index (χ3v) is 5.54. The Labute approximate surface area is 198 Å². The summed E-state index contributed by atoms with van der Waals surface area (Å²) >= 11 is 0. The minimum atomic E-state index is -0.865. The van der Waals surface area contributed by atoms with Crippen molar-refractivity contribution in [2.24, 2.45) is 0 Å². The second kappa shape index (κ2) is 12.3. The SMILES string of the molecule is COCO[C@H](COC(=O)c1ccccc1)[C@@H]1NC[C@H](OC(C)=O)[C@@H](c2ccccc2)N(C)C1=O. The maximum Gasteiger partial charge on any atom is 0.338 e. The summed E-state index contributed by atoms with van der Waals surface area (Å²) in [6, 6.07) is 16.5. The first-order valence-corrected chi connectivity index (χ1v) is 11.0. The number of rotatable bonds is 9. The van der Waals surface area contributed by atoms with Gasteiger partial charge in [0.15, 0.2) is 0 Å². The molecule has 34 heavy (non-hydrogen) atoms. The van der Waals surface area contributed by atoms with Crippen LogP contribution in [0.4, 0.5) is 0 Å². The average Bonchev–Trinajstić information content (AvgIpc) is 2.96. The van der Waals surface area contributed by atoms with Crippen LogP contribution in [0.2, 0.25) is 0 Å². The lowest BCUT2D eigenvalue weighted by Gasteiger charge is -2.33. The van der Waals surface area contributed by atoms with Crippen molar-refractivity contribution in [2.75, 3.05) is 34.1 Å². The molecule has 9 nitrogen and oxygen atoms in total. The van der Waals surface area contributed by atoms with Crippen LogP contribution in [0.5, 0.6) is 0 Å². The molecule has 2 aromatic rings. The van der Waals surface area contributed by atoms with E-state index in [4.69, 9.17) is 18.9 Å². The zero-order chi connectivity index (χ0) is 24.5. The number of amides is 1. The number of benzene rings is 2. The molecule has 1 amide bonds. The molecule has 1 N–H and O–H groups in total. The van der Waals surface area contributed by atoms with E-state index in [1.165, 1.54) is 18.9 Å². The maximum absolute atomic E-state index is 13.5. The smallest absolute Gasteiger partial charge is 0.338 e. The van der Waals surface area contributed by atoms with E-state index in [9.17, 15) is 14.4 Å². The molecule has 3 rings (SSSR count). The first kappa shape index (κ1) is 25.4. The quantitative estimate of drug-likeness (QED) is 0.438. The van der Waals surface area contributed by atoms with Gasteiger partial charge >= 0.3 is 11.9 Å². The number of carbonyl (C=O) groups excluding carboxylic acids is 3. The molecular formula is C25H30N2O7. The van der Waals surface area contributed by atoms with Crippen molar-refractivity contribution in [2.45, 2.75) is 31.2 Å². The van der Waals surface area contributed by atoms with Gasteiger partial charge in [-0.15, -0.1) is 0 Å². The Morgan fingerprint density at radius 1 is 1.09 bits per heavy atom. The van der Waals surface area contributed by atoms with Crippen LogP contribution >= 0.6 is 0 Å². The van der Waals surface area contributed by atoms with Gasteiger partial charge in [-0.1, -0.05) is 48.5 Å². The standard InChI is InChI=1S/C25H30N2O7/c1-17(28)34-20-14-26-22(24(29)27(2)23(20)18-10-6-4-7-11-18)21(33-16-31-3)15-32-25(30)19-12-8-5-9-13-19/h4-13,20-23,26H,14-16H2,1-3H3/t20-,21+,22-,23+/m0/s1. The highest BCUT2D eigenvalue weighted by atomic mass is 16.7. The zero-order valence-electron chi connectivity index (χ0n) is 19.5. The van der Waals surface area contributed by atoms with E-state index >= 15 is 0 Å². The second-order valence-electron chi connectivity index (χ2n) is 7.91. The van der Waals surface area contributed by atoms with Crippen molar-refractivity contribution in [1.29, 1.82) is 0 Å². The van der Waals surface area contributed by atoms with Crippen LogP contribution in [0.15, 0.2) is 60.7 Å². The number of esters is 2. The Hall–Kier alpha value is -3.27. The van der Waals surface area contributed by atoms with Crippen LogP contribution in [-0.4, -0.2) is 75.1 Å². The van der Waals surface area contributed by atoms with Gasteiger partial charge in [-0.25, -0.2) is 4.79 Å². The van der Waals surface area contributed by atoms with Gasteiger partial charge in [0.2, 0.25) is 5.91 Å². The van der Waals surface area contributed by atoms with Gasteiger partial charge < -0.3 is 23.8 Å². The predicted molar refractivity (Wildman–Crippen MR) is 123 cm³/mol. The summed E-state index contributed by atoms with van der Waals surface area (Å²) < 4.78 is 21.8. The van der Waals surface area contributed by atoms with Crippen molar-refractivity contribution < 1.29 is 33.3 Å². The summed E-state index contributed by atoms with van der Waals surface area (Å²) in [5.41, 5.74) is 1.22. The predicted octanol–water partition coefficient (Wildman–Crippen LogP) is 1.94. The highest BCUT2D eigenvalue weighted by Crippen LogP contribution is 2.29. The molecule has 0 unspecified atom stereocenters. The van der Waals surface area contributed by atoms with Crippen LogP contribution in [-0.2, 0) is 28.5 Å². The highest BCUT2D eigenvalue weighted by molar-refractivity contribution is 5.89. The molecule has 4 atom stereocenters. The number of ether oxygens (including phenoxy) is 4. The lowest BCUT2D eigenvalue weighted by molar-refractivity contribution is -0.152. The summed E-state index contributed by atoms with van der Waals surface area (Å²) in [6.07, 6.45) is -1.47. The Morgan fingerprint density at radius 3 is 2.35 bits per heavy atom. The number of nitrogens with zero attached hydrogens (tertiary/aromatic N) is 1.